The van der Waals surface area contributed by atoms with Crippen molar-refractivity contribution < 1.29 is 4.21 Å². The van der Waals surface area contributed by atoms with E-state index in [2.05, 4.69) is 9.71 Å². The largest absolute Gasteiger partial charge is 0.280 e. The van der Waals surface area contributed by atoms with Crippen LogP contribution in [0.4, 0.5) is 5.13 Å². The summed E-state index contributed by atoms with van der Waals surface area (Å²) in [6.45, 7) is 0. The maximum atomic E-state index is 11.8. The minimum atomic E-state index is -0.938. The molecule has 0 amide bonds. The van der Waals surface area contributed by atoms with Gasteiger partial charge < -0.3 is 0 Å². The highest BCUT2D eigenvalue weighted by Gasteiger charge is 2.20. The molecule has 1 fully saturated rings. The van der Waals surface area contributed by atoms with Crippen molar-refractivity contribution in [3.8, 4) is 0 Å². The molecular weight excluding hydrogens is 216 g/mol. The van der Waals surface area contributed by atoms with Crippen LogP contribution in [0.3, 0.4) is 0 Å². The molecule has 0 aromatic carbocycles. The van der Waals surface area contributed by atoms with Crippen LogP contribution in [0.25, 0.3) is 0 Å². The van der Waals surface area contributed by atoms with Crippen molar-refractivity contribution in [3.05, 3.63) is 11.6 Å². The molecule has 0 saturated heterocycles. The molecule has 1 aliphatic rings. The smallest absolute Gasteiger partial charge is 0.194 e. The van der Waals surface area contributed by atoms with Gasteiger partial charge in [0.1, 0.15) is 11.0 Å². The van der Waals surface area contributed by atoms with Crippen LogP contribution >= 0.6 is 11.3 Å². The second-order valence-electron chi connectivity index (χ2n) is 3.50. The second kappa shape index (κ2) is 4.89. The van der Waals surface area contributed by atoms with Gasteiger partial charge in [-0.2, -0.15) is 0 Å². The minimum Gasteiger partial charge on any atom is -0.280 e. The number of nitrogens with one attached hydrogen (secondary N) is 1. The summed E-state index contributed by atoms with van der Waals surface area (Å²) in [5.41, 5.74) is 0. The second-order valence-corrected chi connectivity index (χ2v) is 5.86. The van der Waals surface area contributed by atoms with E-state index < -0.39 is 11.0 Å². The lowest BCUT2D eigenvalue weighted by molar-refractivity contribution is 0.506. The molecule has 1 heterocycles. The lowest BCUT2D eigenvalue weighted by atomic mass is 10.0. The molecule has 0 aliphatic heterocycles. The molecule has 1 saturated carbocycles. The van der Waals surface area contributed by atoms with E-state index in [1.165, 1.54) is 30.6 Å². The molecule has 0 radical (unpaired) electrons. The Balaban J connectivity index is 1.88. The molecule has 3 nitrogen and oxygen atoms in total. The number of aromatic nitrogens is 1. The van der Waals surface area contributed by atoms with Crippen molar-refractivity contribution in [2.24, 2.45) is 0 Å². The Bertz CT molecular complexity index is 294. The Labute approximate surface area is 90.5 Å². The van der Waals surface area contributed by atoms with Gasteiger partial charge in [-0.25, -0.2) is 9.19 Å². The summed E-state index contributed by atoms with van der Waals surface area (Å²) in [7, 11) is -0.938. The zero-order valence-electron chi connectivity index (χ0n) is 7.94. The number of hydrogen-bond acceptors (Lipinski definition) is 3. The van der Waals surface area contributed by atoms with Crippen molar-refractivity contribution in [2.45, 2.75) is 37.4 Å². The summed E-state index contributed by atoms with van der Waals surface area (Å²) in [5, 5.41) is 2.99. The number of hydrogen-bond donors (Lipinski definition) is 1. The van der Waals surface area contributed by atoms with Gasteiger partial charge in [0.15, 0.2) is 5.13 Å². The van der Waals surface area contributed by atoms with Crippen molar-refractivity contribution in [3.63, 3.8) is 0 Å². The quantitative estimate of drug-likeness (QED) is 0.867. The minimum absolute atomic E-state index is 0.327. The van der Waals surface area contributed by atoms with E-state index in [0.717, 1.165) is 18.0 Å². The van der Waals surface area contributed by atoms with Crippen LogP contribution in [0.15, 0.2) is 11.6 Å². The van der Waals surface area contributed by atoms with Gasteiger partial charge >= 0.3 is 0 Å². The molecule has 78 valence electrons. The molecule has 1 aromatic heterocycles. The first-order valence-corrected chi connectivity index (χ1v) is 7.02. The summed E-state index contributed by atoms with van der Waals surface area (Å²) >= 11 is 1.50. The molecule has 1 unspecified atom stereocenters. The van der Waals surface area contributed by atoms with Crippen molar-refractivity contribution in [1.82, 2.24) is 4.98 Å². The molecular formula is C9H14N2OS2. The third-order valence-corrected chi connectivity index (χ3v) is 4.76. The Morgan fingerprint density at radius 1 is 1.43 bits per heavy atom. The van der Waals surface area contributed by atoms with E-state index in [-0.39, 0.29) is 0 Å². The monoisotopic (exact) mass is 230 g/mol. The van der Waals surface area contributed by atoms with Gasteiger partial charge in [0.05, 0.1) is 5.25 Å². The predicted molar refractivity (Wildman–Crippen MR) is 60.8 cm³/mol. The van der Waals surface area contributed by atoms with Gasteiger partial charge in [-0.3, -0.25) is 4.72 Å². The fraction of sp³-hybridized carbons (Fsp3) is 0.667. The topological polar surface area (TPSA) is 42.0 Å². The van der Waals surface area contributed by atoms with Gasteiger partial charge in [-0.1, -0.05) is 19.3 Å². The highest BCUT2D eigenvalue weighted by atomic mass is 32.2. The molecule has 5 heteroatoms. The van der Waals surface area contributed by atoms with Gasteiger partial charge in [0.2, 0.25) is 0 Å². The molecule has 1 aliphatic carbocycles. The summed E-state index contributed by atoms with van der Waals surface area (Å²) in [5.74, 6) is 0. The third kappa shape index (κ3) is 2.54. The molecule has 0 spiro atoms. The molecule has 1 aromatic rings. The fourth-order valence-corrected chi connectivity index (χ4v) is 3.69. The van der Waals surface area contributed by atoms with Crippen LogP contribution in [0.2, 0.25) is 0 Å². The first-order chi connectivity index (χ1) is 6.86. The average Bonchev–Trinajstić information content (AvgIpc) is 2.72. The van der Waals surface area contributed by atoms with E-state index >= 15 is 0 Å². The van der Waals surface area contributed by atoms with Crippen molar-refractivity contribution >= 4 is 27.5 Å². The molecule has 2 rings (SSSR count). The van der Waals surface area contributed by atoms with Gasteiger partial charge in [-0.15, -0.1) is 11.3 Å². The van der Waals surface area contributed by atoms with E-state index in [1.54, 1.807) is 6.20 Å². The number of anilines is 1. The zero-order chi connectivity index (χ0) is 9.80. The van der Waals surface area contributed by atoms with Crippen LogP contribution in [-0.2, 0) is 11.0 Å². The van der Waals surface area contributed by atoms with Gasteiger partial charge in [0.25, 0.3) is 0 Å². The summed E-state index contributed by atoms with van der Waals surface area (Å²) in [6.07, 6.45) is 7.64. The van der Waals surface area contributed by atoms with E-state index in [1.807, 2.05) is 5.38 Å². The third-order valence-electron chi connectivity index (χ3n) is 2.48. The van der Waals surface area contributed by atoms with Gasteiger partial charge in [-0.05, 0) is 12.8 Å². The van der Waals surface area contributed by atoms with Crippen molar-refractivity contribution in [2.75, 3.05) is 4.72 Å². The normalized spacial score (nSPS) is 20.6. The average molecular weight is 230 g/mol. The van der Waals surface area contributed by atoms with Crippen LogP contribution in [0, 0.1) is 0 Å². The molecule has 1 N–H and O–H groups in total. The molecule has 14 heavy (non-hydrogen) atoms. The lowest BCUT2D eigenvalue weighted by Gasteiger charge is -2.20. The number of thiazole rings is 1. The predicted octanol–water partition coefficient (Wildman–Crippen LogP) is 2.55. The van der Waals surface area contributed by atoms with Crippen LogP contribution in [0.1, 0.15) is 32.1 Å². The van der Waals surface area contributed by atoms with E-state index in [4.69, 9.17) is 0 Å². The maximum absolute atomic E-state index is 11.8. The highest BCUT2D eigenvalue weighted by molar-refractivity contribution is 7.87. The van der Waals surface area contributed by atoms with Gasteiger partial charge in [0, 0.05) is 11.6 Å². The van der Waals surface area contributed by atoms with Crippen LogP contribution in [-0.4, -0.2) is 14.4 Å². The SMILES string of the molecule is O=S(Nc1nccs1)C1CCCCC1. The maximum Gasteiger partial charge on any atom is 0.194 e. The fourth-order valence-electron chi connectivity index (χ4n) is 1.72. The molecule has 0 bridgehead atoms. The Kier molecular flexibility index (Phi) is 3.53. The Morgan fingerprint density at radius 2 is 2.21 bits per heavy atom. The summed E-state index contributed by atoms with van der Waals surface area (Å²) < 4.78 is 14.8. The van der Waals surface area contributed by atoms with Crippen LogP contribution < -0.4 is 4.72 Å². The number of nitrogens with zero attached hydrogens (tertiary/aromatic N) is 1. The van der Waals surface area contributed by atoms with Crippen molar-refractivity contribution in [1.29, 1.82) is 0 Å². The molecule has 1 atom stereocenters. The highest BCUT2D eigenvalue weighted by Crippen LogP contribution is 2.23. The first-order valence-electron chi connectivity index (χ1n) is 4.93. The lowest BCUT2D eigenvalue weighted by Crippen LogP contribution is -2.23. The zero-order valence-corrected chi connectivity index (χ0v) is 9.57. The van der Waals surface area contributed by atoms with E-state index in [9.17, 15) is 4.21 Å². The van der Waals surface area contributed by atoms with Crippen LogP contribution in [0.5, 0.6) is 0 Å². The first kappa shape index (κ1) is 10.1. The number of rotatable bonds is 3. The Morgan fingerprint density at radius 3 is 2.86 bits per heavy atom. The Hall–Kier alpha value is -0.420. The summed E-state index contributed by atoms with van der Waals surface area (Å²) in [6, 6.07) is 0. The summed E-state index contributed by atoms with van der Waals surface area (Å²) in [4.78, 5) is 4.07. The van der Waals surface area contributed by atoms with E-state index in [0.29, 0.717) is 5.25 Å². The standard InChI is InChI=1S/C9H14N2OS2/c12-14(8-4-2-1-3-5-8)11-9-10-6-7-13-9/h6-8H,1-5H2,(H,10,11).